The minimum absolute atomic E-state index is 0.0116. The highest BCUT2D eigenvalue weighted by molar-refractivity contribution is 5.93. The highest BCUT2D eigenvalue weighted by Crippen LogP contribution is 2.18. The van der Waals surface area contributed by atoms with Crippen LogP contribution in [-0.2, 0) is 4.79 Å². The SMILES string of the molecule is Cc1ccc(N)cc1NC(=O)CN(C)CC1CCN(C)C1. The molecule has 3 N–H and O–H groups in total. The number of carbonyl (C=O) groups excluding carboxylic acids is 1. The zero-order valence-electron chi connectivity index (χ0n) is 13.2. The Balaban J connectivity index is 1.82. The van der Waals surface area contributed by atoms with E-state index in [0.717, 1.165) is 30.9 Å². The molecule has 21 heavy (non-hydrogen) atoms. The fourth-order valence-corrected chi connectivity index (χ4v) is 2.89. The molecule has 5 nitrogen and oxygen atoms in total. The van der Waals surface area contributed by atoms with Gasteiger partial charge >= 0.3 is 0 Å². The predicted octanol–water partition coefficient (Wildman–Crippen LogP) is 1.40. The van der Waals surface area contributed by atoms with E-state index in [2.05, 4.69) is 22.2 Å². The van der Waals surface area contributed by atoms with E-state index >= 15 is 0 Å². The van der Waals surface area contributed by atoms with Crippen LogP contribution in [0.25, 0.3) is 0 Å². The molecule has 2 rings (SSSR count). The fourth-order valence-electron chi connectivity index (χ4n) is 2.89. The Labute approximate surface area is 127 Å². The summed E-state index contributed by atoms with van der Waals surface area (Å²) in [5.41, 5.74) is 8.25. The fraction of sp³-hybridized carbons (Fsp3) is 0.562. The van der Waals surface area contributed by atoms with Crippen molar-refractivity contribution in [2.45, 2.75) is 13.3 Å². The second kappa shape index (κ2) is 6.91. The molecule has 0 aliphatic carbocycles. The Morgan fingerprint density at radius 3 is 2.95 bits per heavy atom. The Morgan fingerprint density at radius 1 is 1.52 bits per heavy atom. The van der Waals surface area contributed by atoms with Crippen LogP contribution >= 0.6 is 0 Å². The number of nitrogen functional groups attached to an aromatic ring is 1. The van der Waals surface area contributed by atoms with Crippen LogP contribution in [0.2, 0.25) is 0 Å². The molecule has 1 atom stereocenters. The average molecular weight is 290 g/mol. The third-order valence-corrected chi connectivity index (χ3v) is 4.01. The summed E-state index contributed by atoms with van der Waals surface area (Å²) < 4.78 is 0. The molecule has 1 aromatic carbocycles. The molecule has 1 aliphatic heterocycles. The number of likely N-dealkylation sites (N-methyl/N-ethyl adjacent to an activating group) is 1. The van der Waals surface area contributed by atoms with Crippen LogP contribution in [0, 0.1) is 12.8 Å². The molecule has 1 heterocycles. The van der Waals surface area contributed by atoms with Crippen molar-refractivity contribution in [3.05, 3.63) is 23.8 Å². The molecular weight excluding hydrogens is 264 g/mol. The number of carbonyl (C=O) groups is 1. The number of rotatable bonds is 5. The number of nitrogens with two attached hydrogens (primary N) is 1. The molecule has 1 aliphatic rings. The van der Waals surface area contributed by atoms with Crippen molar-refractivity contribution in [2.24, 2.45) is 5.92 Å². The second-order valence-corrected chi connectivity index (χ2v) is 6.24. The van der Waals surface area contributed by atoms with Crippen molar-refractivity contribution < 1.29 is 4.79 Å². The van der Waals surface area contributed by atoms with Crippen LogP contribution in [0.3, 0.4) is 0 Å². The van der Waals surface area contributed by atoms with E-state index in [1.165, 1.54) is 6.42 Å². The summed E-state index contributed by atoms with van der Waals surface area (Å²) >= 11 is 0. The summed E-state index contributed by atoms with van der Waals surface area (Å²) in [6.45, 7) is 5.63. The summed E-state index contributed by atoms with van der Waals surface area (Å²) in [6.07, 6.45) is 1.22. The number of likely N-dealkylation sites (tertiary alicyclic amines) is 1. The first kappa shape index (κ1) is 15.8. The van der Waals surface area contributed by atoms with E-state index < -0.39 is 0 Å². The summed E-state index contributed by atoms with van der Waals surface area (Å²) in [4.78, 5) is 16.6. The van der Waals surface area contributed by atoms with Crippen LogP contribution < -0.4 is 11.1 Å². The topological polar surface area (TPSA) is 61.6 Å². The van der Waals surface area contributed by atoms with Gasteiger partial charge in [-0.2, -0.15) is 0 Å². The van der Waals surface area contributed by atoms with Crippen LogP contribution in [-0.4, -0.2) is 56.0 Å². The van der Waals surface area contributed by atoms with Gasteiger partial charge in [0.25, 0.3) is 0 Å². The third kappa shape index (κ3) is 4.72. The zero-order chi connectivity index (χ0) is 15.4. The molecule has 1 fully saturated rings. The van der Waals surface area contributed by atoms with E-state index in [0.29, 0.717) is 18.2 Å². The molecule has 0 saturated carbocycles. The zero-order valence-corrected chi connectivity index (χ0v) is 13.2. The van der Waals surface area contributed by atoms with Gasteiger partial charge in [0.1, 0.15) is 0 Å². The first-order chi connectivity index (χ1) is 9.94. The van der Waals surface area contributed by atoms with Crippen molar-refractivity contribution in [3.63, 3.8) is 0 Å². The number of aryl methyl sites for hydroxylation is 1. The van der Waals surface area contributed by atoms with Crippen molar-refractivity contribution in [1.82, 2.24) is 9.80 Å². The van der Waals surface area contributed by atoms with Gasteiger partial charge in [-0.1, -0.05) is 6.07 Å². The molecule has 1 amide bonds. The Kier molecular flexibility index (Phi) is 5.20. The molecule has 0 spiro atoms. The van der Waals surface area contributed by atoms with E-state index in [9.17, 15) is 4.79 Å². The lowest BCUT2D eigenvalue weighted by Crippen LogP contribution is -2.34. The monoisotopic (exact) mass is 290 g/mol. The number of nitrogens with one attached hydrogen (secondary N) is 1. The van der Waals surface area contributed by atoms with E-state index in [4.69, 9.17) is 5.73 Å². The van der Waals surface area contributed by atoms with Gasteiger partial charge in [0.2, 0.25) is 5.91 Å². The van der Waals surface area contributed by atoms with E-state index in [-0.39, 0.29) is 5.91 Å². The highest BCUT2D eigenvalue weighted by atomic mass is 16.2. The third-order valence-electron chi connectivity index (χ3n) is 4.01. The molecule has 0 radical (unpaired) electrons. The summed E-state index contributed by atoms with van der Waals surface area (Å²) in [6, 6.07) is 5.57. The molecule has 0 aromatic heterocycles. The number of nitrogens with zero attached hydrogens (tertiary/aromatic N) is 2. The van der Waals surface area contributed by atoms with Gasteiger partial charge in [0.05, 0.1) is 6.54 Å². The molecule has 0 bridgehead atoms. The quantitative estimate of drug-likeness (QED) is 0.805. The van der Waals surface area contributed by atoms with Crippen LogP contribution in [0.4, 0.5) is 11.4 Å². The lowest BCUT2D eigenvalue weighted by molar-refractivity contribution is -0.117. The summed E-state index contributed by atoms with van der Waals surface area (Å²) in [7, 11) is 4.15. The lowest BCUT2D eigenvalue weighted by atomic mass is 10.1. The first-order valence-electron chi connectivity index (χ1n) is 7.47. The second-order valence-electron chi connectivity index (χ2n) is 6.24. The Morgan fingerprint density at radius 2 is 2.29 bits per heavy atom. The van der Waals surface area contributed by atoms with Gasteiger partial charge in [-0.05, 0) is 57.6 Å². The average Bonchev–Trinajstić information content (AvgIpc) is 2.79. The standard InChI is InChI=1S/C16H26N4O/c1-12-4-5-14(17)8-15(12)18-16(21)11-20(3)10-13-6-7-19(2)9-13/h4-5,8,13H,6-7,9-11,17H2,1-3H3,(H,18,21). The van der Waals surface area contributed by atoms with Gasteiger partial charge in [-0.15, -0.1) is 0 Å². The molecule has 1 aromatic rings. The maximum Gasteiger partial charge on any atom is 0.238 e. The van der Waals surface area contributed by atoms with Gasteiger partial charge in [0.15, 0.2) is 0 Å². The van der Waals surface area contributed by atoms with Crippen LogP contribution in [0.15, 0.2) is 18.2 Å². The normalized spacial score (nSPS) is 19.1. The molecule has 5 heteroatoms. The number of benzene rings is 1. The largest absolute Gasteiger partial charge is 0.399 e. The van der Waals surface area contributed by atoms with Crippen molar-refractivity contribution >= 4 is 17.3 Å². The molecule has 116 valence electrons. The van der Waals surface area contributed by atoms with Gasteiger partial charge in [-0.3, -0.25) is 9.69 Å². The van der Waals surface area contributed by atoms with Gasteiger partial charge < -0.3 is 16.0 Å². The van der Waals surface area contributed by atoms with Gasteiger partial charge in [0, 0.05) is 24.5 Å². The van der Waals surface area contributed by atoms with Crippen molar-refractivity contribution in [2.75, 3.05) is 51.3 Å². The van der Waals surface area contributed by atoms with Crippen molar-refractivity contribution in [1.29, 1.82) is 0 Å². The minimum atomic E-state index is 0.0116. The summed E-state index contributed by atoms with van der Waals surface area (Å²) in [5.74, 6) is 0.680. The smallest absolute Gasteiger partial charge is 0.238 e. The number of anilines is 2. The minimum Gasteiger partial charge on any atom is -0.399 e. The maximum atomic E-state index is 12.1. The predicted molar refractivity (Wildman–Crippen MR) is 87.3 cm³/mol. The molecule has 1 saturated heterocycles. The molecule has 1 unspecified atom stereocenters. The van der Waals surface area contributed by atoms with Crippen LogP contribution in [0.5, 0.6) is 0 Å². The molecular formula is C16H26N4O. The van der Waals surface area contributed by atoms with Crippen molar-refractivity contribution in [3.8, 4) is 0 Å². The van der Waals surface area contributed by atoms with Gasteiger partial charge in [-0.25, -0.2) is 0 Å². The number of hydrogen-bond acceptors (Lipinski definition) is 4. The maximum absolute atomic E-state index is 12.1. The number of amides is 1. The Hall–Kier alpha value is -1.59. The highest BCUT2D eigenvalue weighted by Gasteiger charge is 2.21. The summed E-state index contributed by atoms with van der Waals surface area (Å²) in [5, 5.41) is 2.94. The first-order valence-corrected chi connectivity index (χ1v) is 7.47. The lowest BCUT2D eigenvalue weighted by Gasteiger charge is -2.20. The number of hydrogen-bond donors (Lipinski definition) is 2. The van der Waals surface area contributed by atoms with E-state index in [1.54, 1.807) is 6.07 Å². The van der Waals surface area contributed by atoms with E-state index in [1.807, 2.05) is 26.1 Å². The Bertz CT molecular complexity index is 503. The van der Waals surface area contributed by atoms with Crippen LogP contribution in [0.1, 0.15) is 12.0 Å².